The van der Waals surface area contributed by atoms with Crippen molar-refractivity contribution >= 4 is 21.9 Å². The van der Waals surface area contributed by atoms with E-state index >= 15 is 0 Å². The van der Waals surface area contributed by atoms with Gasteiger partial charge in [-0.3, -0.25) is 4.79 Å². The van der Waals surface area contributed by atoms with Crippen LogP contribution in [0, 0.1) is 0 Å². The van der Waals surface area contributed by atoms with Gasteiger partial charge in [0.05, 0.1) is 22.7 Å². The lowest BCUT2D eigenvalue weighted by Gasteiger charge is -2.36. The number of benzene rings is 1. The number of morpholine rings is 1. The van der Waals surface area contributed by atoms with Crippen LogP contribution in [-0.2, 0) is 24.3 Å². The minimum Gasteiger partial charge on any atom is -0.449 e. The maximum atomic E-state index is 12.5. The standard InChI is InChI=1S/C18H26N2O6S/c1-12-10-20(11-13(2)25-12)17(21)14(3)26-18(22)15-6-8-16(9-7-15)27(23,24)19(4)5/h6-9,12-14H,10-11H2,1-5H3. The summed E-state index contributed by atoms with van der Waals surface area (Å²) in [4.78, 5) is 26.5. The van der Waals surface area contributed by atoms with Crippen molar-refractivity contribution in [3.05, 3.63) is 29.8 Å². The number of carbonyl (C=O) groups excluding carboxylic acids is 2. The van der Waals surface area contributed by atoms with Gasteiger partial charge in [0.1, 0.15) is 0 Å². The Morgan fingerprint density at radius 3 is 2.15 bits per heavy atom. The number of sulfonamides is 1. The molecular formula is C18H26N2O6S. The van der Waals surface area contributed by atoms with E-state index < -0.39 is 22.1 Å². The van der Waals surface area contributed by atoms with Gasteiger partial charge < -0.3 is 14.4 Å². The summed E-state index contributed by atoms with van der Waals surface area (Å²) in [5.74, 6) is -0.962. The first-order valence-electron chi connectivity index (χ1n) is 8.70. The Bertz CT molecular complexity index is 781. The van der Waals surface area contributed by atoms with Gasteiger partial charge in [-0.05, 0) is 45.0 Å². The second-order valence-corrected chi connectivity index (χ2v) is 9.01. The Morgan fingerprint density at radius 1 is 1.15 bits per heavy atom. The molecule has 0 radical (unpaired) electrons. The zero-order valence-corrected chi connectivity index (χ0v) is 17.0. The van der Waals surface area contributed by atoms with Crippen LogP contribution in [0.5, 0.6) is 0 Å². The van der Waals surface area contributed by atoms with Crippen molar-refractivity contribution in [1.29, 1.82) is 0 Å². The number of ether oxygens (including phenoxy) is 2. The van der Waals surface area contributed by atoms with E-state index in [4.69, 9.17) is 9.47 Å². The molecule has 8 nitrogen and oxygen atoms in total. The zero-order valence-electron chi connectivity index (χ0n) is 16.2. The quantitative estimate of drug-likeness (QED) is 0.690. The highest BCUT2D eigenvalue weighted by molar-refractivity contribution is 7.89. The monoisotopic (exact) mass is 398 g/mol. The summed E-state index contributed by atoms with van der Waals surface area (Å²) in [5.41, 5.74) is 0.177. The first kappa shape index (κ1) is 21.3. The molecule has 0 aliphatic carbocycles. The minimum absolute atomic E-state index is 0.0736. The summed E-state index contributed by atoms with van der Waals surface area (Å²) in [6.45, 7) is 6.19. The molecule has 1 fully saturated rings. The maximum absolute atomic E-state index is 12.5. The van der Waals surface area contributed by atoms with Crippen LogP contribution in [0.2, 0.25) is 0 Å². The number of amides is 1. The molecule has 0 aromatic heterocycles. The Labute approximate surface area is 160 Å². The lowest BCUT2D eigenvalue weighted by Crippen LogP contribution is -2.51. The van der Waals surface area contributed by atoms with Gasteiger partial charge in [0.25, 0.3) is 5.91 Å². The Kier molecular flexibility index (Phi) is 6.61. The normalized spacial score (nSPS) is 21.8. The third-order valence-corrected chi connectivity index (χ3v) is 6.06. The lowest BCUT2D eigenvalue weighted by molar-refractivity contribution is -0.151. The average Bonchev–Trinajstić information content (AvgIpc) is 2.60. The van der Waals surface area contributed by atoms with Gasteiger partial charge in [-0.15, -0.1) is 0 Å². The number of rotatable bonds is 5. The highest BCUT2D eigenvalue weighted by Crippen LogP contribution is 2.16. The third-order valence-electron chi connectivity index (χ3n) is 4.23. The largest absolute Gasteiger partial charge is 0.449 e. The van der Waals surface area contributed by atoms with E-state index in [1.165, 1.54) is 45.3 Å². The molecule has 1 amide bonds. The predicted octanol–water partition coefficient (Wildman–Crippen LogP) is 1.12. The molecule has 0 bridgehead atoms. The van der Waals surface area contributed by atoms with E-state index in [-0.39, 0.29) is 28.6 Å². The van der Waals surface area contributed by atoms with Crippen LogP contribution >= 0.6 is 0 Å². The van der Waals surface area contributed by atoms with Crippen molar-refractivity contribution in [2.45, 2.75) is 44.0 Å². The minimum atomic E-state index is -3.57. The molecule has 1 saturated heterocycles. The number of hydrogen-bond acceptors (Lipinski definition) is 6. The molecule has 1 aromatic rings. The van der Waals surface area contributed by atoms with Crippen molar-refractivity contribution in [3.63, 3.8) is 0 Å². The van der Waals surface area contributed by atoms with Crippen molar-refractivity contribution in [1.82, 2.24) is 9.21 Å². The molecule has 27 heavy (non-hydrogen) atoms. The second-order valence-electron chi connectivity index (χ2n) is 6.86. The summed E-state index contributed by atoms with van der Waals surface area (Å²) < 4.78 is 36.1. The van der Waals surface area contributed by atoms with Gasteiger partial charge in [-0.25, -0.2) is 17.5 Å². The van der Waals surface area contributed by atoms with Gasteiger partial charge in [0.2, 0.25) is 10.0 Å². The summed E-state index contributed by atoms with van der Waals surface area (Å²) in [6, 6.07) is 5.41. The fourth-order valence-corrected chi connectivity index (χ4v) is 3.77. The smallest absolute Gasteiger partial charge is 0.338 e. The van der Waals surface area contributed by atoms with Crippen molar-refractivity contribution in [2.75, 3.05) is 27.2 Å². The highest BCUT2D eigenvalue weighted by atomic mass is 32.2. The Morgan fingerprint density at radius 2 is 1.67 bits per heavy atom. The van der Waals surface area contributed by atoms with Crippen LogP contribution in [-0.4, -0.2) is 75.0 Å². The first-order chi connectivity index (χ1) is 12.5. The van der Waals surface area contributed by atoms with Crippen molar-refractivity contribution < 1.29 is 27.5 Å². The van der Waals surface area contributed by atoms with Crippen LogP contribution in [0.15, 0.2) is 29.2 Å². The molecule has 0 saturated carbocycles. The van der Waals surface area contributed by atoms with Crippen LogP contribution in [0.3, 0.4) is 0 Å². The molecule has 3 atom stereocenters. The maximum Gasteiger partial charge on any atom is 0.338 e. The number of nitrogens with zero attached hydrogens (tertiary/aromatic N) is 2. The third kappa shape index (κ3) is 5.06. The molecule has 9 heteroatoms. The fraction of sp³-hybridized carbons (Fsp3) is 0.556. The number of esters is 1. The Hall–Kier alpha value is -1.97. The summed E-state index contributed by atoms with van der Waals surface area (Å²) in [6.07, 6.45) is -1.10. The predicted molar refractivity (Wildman–Crippen MR) is 98.8 cm³/mol. The van der Waals surface area contributed by atoms with E-state index in [9.17, 15) is 18.0 Å². The molecule has 1 aliphatic rings. The fourth-order valence-electron chi connectivity index (χ4n) is 2.87. The molecule has 1 aliphatic heterocycles. The van der Waals surface area contributed by atoms with E-state index in [0.717, 1.165) is 4.31 Å². The summed E-state index contributed by atoms with van der Waals surface area (Å²) in [5, 5.41) is 0. The van der Waals surface area contributed by atoms with Crippen LogP contribution in [0.25, 0.3) is 0 Å². The highest BCUT2D eigenvalue weighted by Gasteiger charge is 2.30. The number of hydrogen-bond donors (Lipinski definition) is 0. The van der Waals surface area contributed by atoms with E-state index in [0.29, 0.717) is 13.1 Å². The molecular weight excluding hydrogens is 372 g/mol. The van der Waals surface area contributed by atoms with Crippen molar-refractivity contribution in [3.8, 4) is 0 Å². The van der Waals surface area contributed by atoms with E-state index in [2.05, 4.69) is 0 Å². The molecule has 3 unspecified atom stereocenters. The second kappa shape index (κ2) is 8.37. The van der Waals surface area contributed by atoms with Gasteiger partial charge >= 0.3 is 5.97 Å². The molecule has 1 heterocycles. The molecule has 0 N–H and O–H groups in total. The first-order valence-corrected chi connectivity index (χ1v) is 10.1. The van der Waals surface area contributed by atoms with Crippen molar-refractivity contribution in [2.24, 2.45) is 0 Å². The summed E-state index contributed by atoms with van der Waals surface area (Å²) >= 11 is 0. The van der Waals surface area contributed by atoms with E-state index in [1.807, 2.05) is 13.8 Å². The number of carbonyl (C=O) groups is 2. The van der Waals surface area contributed by atoms with Gasteiger partial charge in [0, 0.05) is 27.2 Å². The van der Waals surface area contributed by atoms with Crippen LogP contribution in [0.1, 0.15) is 31.1 Å². The van der Waals surface area contributed by atoms with E-state index in [1.54, 1.807) is 4.90 Å². The molecule has 0 spiro atoms. The SMILES string of the molecule is CC1CN(C(=O)C(C)OC(=O)c2ccc(S(=O)(=O)N(C)C)cc2)CC(C)O1. The van der Waals surface area contributed by atoms with Crippen LogP contribution < -0.4 is 0 Å². The topological polar surface area (TPSA) is 93.2 Å². The molecule has 2 rings (SSSR count). The van der Waals surface area contributed by atoms with Gasteiger partial charge in [0.15, 0.2) is 6.10 Å². The van der Waals surface area contributed by atoms with Crippen LogP contribution in [0.4, 0.5) is 0 Å². The summed E-state index contributed by atoms with van der Waals surface area (Å²) in [7, 11) is -0.715. The Balaban J connectivity index is 2.03. The molecule has 150 valence electrons. The lowest BCUT2D eigenvalue weighted by atomic mass is 10.2. The molecule has 1 aromatic carbocycles. The average molecular weight is 398 g/mol. The van der Waals surface area contributed by atoms with Gasteiger partial charge in [-0.1, -0.05) is 0 Å². The van der Waals surface area contributed by atoms with Gasteiger partial charge in [-0.2, -0.15) is 0 Å². The zero-order chi connectivity index (χ0) is 20.4.